The first-order valence-electron chi connectivity index (χ1n) is 5.45. The summed E-state index contributed by atoms with van der Waals surface area (Å²) < 4.78 is 0.894. The maximum atomic E-state index is 11.1. The third kappa shape index (κ3) is 3.05. The van der Waals surface area contributed by atoms with Crippen LogP contribution in [-0.4, -0.2) is 4.92 Å². The van der Waals surface area contributed by atoms with Crippen molar-refractivity contribution in [2.24, 2.45) is 0 Å². The van der Waals surface area contributed by atoms with E-state index >= 15 is 0 Å². The van der Waals surface area contributed by atoms with Crippen LogP contribution in [0.25, 0.3) is 0 Å². The highest BCUT2D eigenvalue weighted by Crippen LogP contribution is 2.35. The second kappa shape index (κ2) is 5.59. The van der Waals surface area contributed by atoms with Gasteiger partial charge in [0, 0.05) is 10.2 Å². The quantitative estimate of drug-likeness (QED) is 0.627. The fourth-order valence-corrected chi connectivity index (χ4v) is 2.28. The van der Waals surface area contributed by atoms with E-state index in [-0.39, 0.29) is 10.7 Å². The normalized spacial score (nSPS) is 10.3. The number of hydrogen-bond donors (Lipinski definition) is 1. The SMILES string of the molecule is Cc1ccc(Br)cc1Nc1cccc(Cl)c1[N+](=O)[O-]. The molecule has 0 saturated carbocycles. The first-order valence-corrected chi connectivity index (χ1v) is 6.62. The van der Waals surface area contributed by atoms with Crippen molar-refractivity contribution in [3.05, 3.63) is 61.6 Å². The van der Waals surface area contributed by atoms with Crippen molar-refractivity contribution in [2.75, 3.05) is 5.32 Å². The maximum absolute atomic E-state index is 11.1. The molecule has 0 bridgehead atoms. The van der Waals surface area contributed by atoms with Gasteiger partial charge in [0.2, 0.25) is 0 Å². The third-order valence-electron chi connectivity index (χ3n) is 2.64. The molecule has 0 aliphatic carbocycles. The minimum atomic E-state index is -0.488. The van der Waals surface area contributed by atoms with Crippen LogP contribution in [-0.2, 0) is 0 Å². The van der Waals surface area contributed by atoms with Crippen LogP contribution in [0.15, 0.2) is 40.9 Å². The van der Waals surface area contributed by atoms with Gasteiger partial charge in [0.05, 0.1) is 4.92 Å². The molecule has 0 aliphatic rings. The largest absolute Gasteiger partial charge is 0.350 e. The average molecular weight is 342 g/mol. The number of halogens is 2. The van der Waals surface area contributed by atoms with Gasteiger partial charge in [-0.15, -0.1) is 0 Å². The Balaban J connectivity index is 2.46. The van der Waals surface area contributed by atoms with Crippen molar-refractivity contribution in [3.63, 3.8) is 0 Å². The van der Waals surface area contributed by atoms with Gasteiger partial charge in [0.1, 0.15) is 10.7 Å². The van der Waals surface area contributed by atoms with Crippen molar-refractivity contribution in [1.82, 2.24) is 0 Å². The summed E-state index contributed by atoms with van der Waals surface area (Å²) in [5, 5.41) is 14.2. The summed E-state index contributed by atoms with van der Waals surface area (Å²) in [4.78, 5) is 10.6. The molecule has 0 amide bonds. The molecule has 0 heterocycles. The van der Waals surface area contributed by atoms with Crippen LogP contribution in [0, 0.1) is 17.0 Å². The number of nitrogens with zero attached hydrogens (tertiary/aromatic N) is 1. The first kappa shape index (κ1) is 13.8. The Bertz CT molecular complexity index is 647. The highest BCUT2D eigenvalue weighted by molar-refractivity contribution is 9.10. The van der Waals surface area contributed by atoms with Crippen molar-refractivity contribution >= 4 is 44.6 Å². The Morgan fingerprint density at radius 2 is 2.00 bits per heavy atom. The zero-order chi connectivity index (χ0) is 14.0. The summed E-state index contributed by atoms with van der Waals surface area (Å²) in [5.41, 5.74) is 2.03. The third-order valence-corrected chi connectivity index (χ3v) is 3.44. The molecule has 6 heteroatoms. The Morgan fingerprint density at radius 3 is 2.68 bits per heavy atom. The van der Waals surface area contributed by atoms with Crippen molar-refractivity contribution in [1.29, 1.82) is 0 Å². The highest BCUT2D eigenvalue weighted by atomic mass is 79.9. The lowest BCUT2D eigenvalue weighted by atomic mass is 10.2. The van der Waals surface area contributed by atoms with E-state index in [1.807, 2.05) is 25.1 Å². The van der Waals surface area contributed by atoms with Crippen molar-refractivity contribution in [2.45, 2.75) is 6.92 Å². The van der Waals surface area contributed by atoms with E-state index in [0.29, 0.717) is 5.69 Å². The molecule has 0 radical (unpaired) electrons. The number of nitro benzene ring substituents is 1. The van der Waals surface area contributed by atoms with E-state index in [0.717, 1.165) is 15.7 Å². The smallest absolute Gasteiger partial charge is 0.311 e. The molecule has 0 spiro atoms. The Morgan fingerprint density at radius 1 is 1.26 bits per heavy atom. The lowest BCUT2D eigenvalue weighted by Crippen LogP contribution is -1.99. The maximum Gasteiger partial charge on any atom is 0.311 e. The Hall–Kier alpha value is -1.59. The molecule has 1 N–H and O–H groups in total. The monoisotopic (exact) mass is 340 g/mol. The number of rotatable bonds is 3. The van der Waals surface area contributed by atoms with Gasteiger partial charge < -0.3 is 5.32 Å². The van der Waals surface area contributed by atoms with Gasteiger partial charge in [0.25, 0.3) is 0 Å². The van der Waals surface area contributed by atoms with Gasteiger partial charge in [-0.1, -0.05) is 39.7 Å². The Kier molecular flexibility index (Phi) is 4.07. The van der Waals surface area contributed by atoms with Crippen LogP contribution >= 0.6 is 27.5 Å². The van der Waals surface area contributed by atoms with Gasteiger partial charge in [-0.3, -0.25) is 10.1 Å². The fourth-order valence-electron chi connectivity index (χ4n) is 1.68. The number of aryl methyl sites for hydroxylation is 1. The zero-order valence-electron chi connectivity index (χ0n) is 9.98. The zero-order valence-corrected chi connectivity index (χ0v) is 12.3. The molecular weight excluding hydrogens is 332 g/mol. The molecule has 4 nitrogen and oxygen atoms in total. The lowest BCUT2D eigenvalue weighted by Gasteiger charge is -2.11. The molecule has 2 rings (SSSR count). The van der Waals surface area contributed by atoms with Gasteiger partial charge in [-0.25, -0.2) is 0 Å². The van der Waals surface area contributed by atoms with Crippen LogP contribution in [0.2, 0.25) is 5.02 Å². The Labute approximate surface area is 123 Å². The molecular formula is C13H10BrClN2O2. The van der Waals surface area contributed by atoms with Crippen LogP contribution in [0.3, 0.4) is 0 Å². The van der Waals surface area contributed by atoms with Crippen LogP contribution in [0.4, 0.5) is 17.1 Å². The first-order chi connectivity index (χ1) is 8.99. The molecule has 19 heavy (non-hydrogen) atoms. The number of para-hydroxylation sites is 1. The summed E-state index contributed by atoms with van der Waals surface area (Å²) in [6.07, 6.45) is 0. The molecule has 0 saturated heterocycles. The van der Waals surface area contributed by atoms with E-state index in [2.05, 4.69) is 21.2 Å². The molecule has 2 aromatic carbocycles. The van der Waals surface area contributed by atoms with Gasteiger partial charge in [0.15, 0.2) is 0 Å². The van der Waals surface area contributed by atoms with E-state index in [9.17, 15) is 10.1 Å². The number of nitro groups is 1. The number of hydrogen-bond acceptors (Lipinski definition) is 3. The van der Waals surface area contributed by atoms with Crippen molar-refractivity contribution in [3.8, 4) is 0 Å². The fraction of sp³-hybridized carbons (Fsp3) is 0.0769. The van der Waals surface area contributed by atoms with Crippen LogP contribution in [0.1, 0.15) is 5.56 Å². The van der Waals surface area contributed by atoms with Gasteiger partial charge in [-0.2, -0.15) is 0 Å². The van der Waals surface area contributed by atoms with Gasteiger partial charge in [-0.05, 0) is 36.8 Å². The van der Waals surface area contributed by atoms with E-state index < -0.39 is 4.92 Å². The molecule has 0 aromatic heterocycles. The molecule has 98 valence electrons. The number of benzene rings is 2. The molecule has 0 fully saturated rings. The second-order valence-corrected chi connectivity index (χ2v) is 5.30. The predicted octanol–water partition coefficient (Wildman–Crippen LogP) is 5.06. The van der Waals surface area contributed by atoms with Gasteiger partial charge >= 0.3 is 5.69 Å². The van der Waals surface area contributed by atoms with Crippen molar-refractivity contribution < 1.29 is 4.92 Å². The topological polar surface area (TPSA) is 55.2 Å². The predicted molar refractivity (Wildman–Crippen MR) is 80.3 cm³/mol. The number of nitrogens with one attached hydrogen (secondary N) is 1. The number of anilines is 2. The summed E-state index contributed by atoms with van der Waals surface area (Å²) in [6.45, 7) is 1.92. The van der Waals surface area contributed by atoms with E-state index in [4.69, 9.17) is 11.6 Å². The minimum absolute atomic E-state index is 0.114. The highest BCUT2D eigenvalue weighted by Gasteiger charge is 2.18. The molecule has 0 atom stereocenters. The molecule has 0 unspecified atom stereocenters. The summed E-state index contributed by atoms with van der Waals surface area (Å²) in [5.74, 6) is 0. The molecule has 2 aromatic rings. The van der Waals surface area contributed by atoms with E-state index in [1.165, 1.54) is 6.07 Å². The standard InChI is InChI=1S/C13H10BrClN2O2/c1-8-5-6-9(14)7-12(8)16-11-4-2-3-10(15)13(11)17(18)19/h2-7,16H,1H3. The second-order valence-electron chi connectivity index (χ2n) is 3.98. The van der Waals surface area contributed by atoms with Crippen LogP contribution in [0.5, 0.6) is 0 Å². The summed E-state index contributed by atoms with van der Waals surface area (Å²) in [6, 6.07) is 10.5. The molecule has 0 aliphatic heterocycles. The van der Waals surface area contributed by atoms with Crippen LogP contribution < -0.4 is 5.32 Å². The average Bonchev–Trinajstić information content (AvgIpc) is 2.33. The summed E-state index contributed by atoms with van der Waals surface area (Å²) >= 11 is 9.24. The lowest BCUT2D eigenvalue weighted by molar-refractivity contribution is -0.383. The van der Waals surface area contributed by atoms with E-state index in [1.54, 1.807) is 12.1 Å². The minimum Gasteiger partial charge on any atom is -0.350 e. The summed E-state index contributed by atoms with van der Waals surface area (Å²) in [7, 11) is 0.